The topological polar surface area (TPSA) is 86.8 Å². The molecule has 0 bridgehead atoms. The van der Waals surface area contributed by atoms with Crippen LogP contribution in [0.2, 0.25) is 5.02 Å². The number of carbonyl (C=O) groups is 2. The van der Waals surface area contributed by atoms with Crippen molar-refractivity contribution in [2.45, 2.75) is 52.2 Å². The molecule has 2 unspecified atom stereocenters. The number of anilines is 1. The third-order valence-electron chi connectivity index (χ3n) is 6.57. The molecule has 0 heterocycles. The molecule has 0 aliphatic heterocycles. The van der Waals surface area contributed by atoms with Crippen molar-refractivity contribution in [1.82, 2.24) is 10.2 Å². The maximum atomic E-state index is 14.1. The van der Waals surface area contributed by atoms with E-state index in [9.17, 15) is 18.0 Å². The fraction of sp³-hybridized carbons (Fsp3) is 0.333. The van der Waals surface area contributed by atoms with Crippen LogP contribution in [0.15, 0.2) is 78.9 Å². The van der Waals surface area contributed by atoms with Crippen LogP contribution in [-0.2, 0) is 32.6 Å². The average molecular weight is 570 g/mol. The SMILES string of the molecule is CCC(C)NC(=O)C(Cc1ccccc1)N(Cc1ccccc1)C(=O)CN(c1ccc(Cl)cc1C)S(C)(=O)=O. The smallest absolute Gasteiger partial charge is 0.244 e. The van der Waals surface area contributed by atoms with Crippen LogP contribution in [0.1, 0.15) is 37.0 Å². The minimum atomic E-state index is -3.84. The van der Waals surface area contributed by atoms with Crippen molar-refractivity contribution in [1.29, 1.82) is 0 Å². The molecule has 0 aromatic heterocycles. The molecule has 0 radical (unpaired) electrons. The van der Waals surface area contributed by atoms with Crippen LogP contribution in [-0.4, -0.2) is 50.0 Å². The van der Waals surface area contributed by atoms with E-state index >= 15 is 0 Å². The van der Waals surface area contributed by atoms with E-state index in [1.54, 1.807) is 25.1 Å². The van der Waals surface area contributed by atoms with E-state index < -0.39 is 28.5 Å². The number of amides is 2. The maximum Gasteiger partial charge on any atom is 0.244 e. The lowest BCUT2D eigenvalue weighted by Crippen LogP contribution is -2.54. The second-order valence-corrected chi connectivity index (χ2v) is 12.1. The van der Waals surface area contributed by atoms with Gasteiger partial charge < -0.3 is 10.2 Å². The molecule has 1 N–H and O–H groups in total. The zero-order valence-corrected chi connectivity index (χ0v) is 24.4. The standard InChI is InChI=1S/C30H36ClN3O4S/c1-5-23(3)32-30(36)28(19-24-12-8-6-9-13-24)33(20-25-14-10-7-11-15-25)29(35)21-34(39(4,37)38)27-17-16-26(31)18-22(27)2/h6-18,23,28H,5,19-21H2,1-4H3,(H,32,36). The van der Waals surface area contributed by atoms with E-state index in [-0.39, 0.29) is 24.9 Å². The Bertz CT molecular complexity index is 1370. The summed E-state index contributed by atoms with van der Waals surface area (Å²) in [5.41, 5.74) is 2.69. The van der Waals surface area contributed by atoms with Gasteiger partial charge in [0.15, 0.2) is 0 Å². The number of aryl methyl sites for hydroxylation is 1. The highest BCUT2D eigenvalue weighted by molar-refractivity contribution is 7.92. The van der Waals surface area contributed by atoms with Gasteiger partial charge in [-0.15, -0.1) is 0 Å². The van der Waals surface area contributed by atoms with Crippen LogP contribution >= 0.6 is 11.6 Å². The largest absolute Gasteiger partial charge is 0.352 e. The van der Waals surface area contributed by atoms with Gasteiger partial charge in [-0.1, -0.05) is 79.2 Å². The Kier molecular flexibility index (Phi) is 10.5. The number of nitrogens with zero attached hydrogens (tertiary/aromatic N) is 2. The molecule has 3 aromatic carbocycles. The fourth-order valence-corrected chi connectivity index (χ4v) is 5.40. The number of sulfonamides is 1. The average Bonchev–Trinajstić information content (AvgIpc) is 2.90. The molecule has 0 saturated carbocycles. The van der Waals surface area contributed by atoms with Gasteiger partial charge in [0.1, 0.15) is 12.6 Å². The van der Waals surface area contributed by atoms with E-state index in [1.165, 1.54) is 4.90 Å². The highest BCUT2D eigenvalue weighted by atomic mass is 35.5. The first-order chi connectivity index (χ1) is 18.5. The lowest BCUT2D eigenvalue weighted by molar-refractivity contribution is -0.140. The van der Waals surface area contributed by atoms with Gasteiger partial charge >= 0.3 is 0 Å². The third kappa shape index (κ3) is 8.57. The summed E-state index contributed by atoms with van der Waals surface area (Å²) >= 11 is 6.10. The molecular weight excluding hydrogens is 534 g/mol. The van der Waals surface area contributed by atoms with Gasteiger partial charge in [0.2, 0.25) is 21.8 Å². The number of hydrogen-bond donors (Lipinski definition) is 1. The van der Waals surface area contributed by atoms with Crippen LogP contribution in [0.4, 0.5) is 5.69 Å². The molecule has 7 nitrogen and oxygen atoms in total. The molecular formula is C30H36ClN3O4S. The zero-order valence-electron chi connectivity index (χ0n) is 22.8. The van der Waals surface area contributed by atoms with E-state index in [0.717, 1.165) is 28.1 Å². The van der Waals surface area contributed by atoms with Crippen LogP contribution in [0.3, 0.4) is 0 Å². The molecule has 0 saturated heterocycles. The molecule has 3 aromatic rings. The van der Waals surface area contributed by atoms with Crippen molar-refractivity contribution in [3.63, 3.8) is 0 Å². The maximum absolute atomic E-state index is 14.1. The monoisotopic (exact) mass is 569 g/mol. The first-order valence-electron chi connectivity index (χ1n) is 12.9. The van der Waals surface area contributed by atoms with Gasteiger partial charge in [0.25, 0.3) is 0 Å². The highest BCUT2D eigenvalue weighted by Crippen LogP contribution is 2.26. The molecule has 2 amide bonds. The Balaban J connectivity index is 2.06. The van der Waals surface area contributed by atoms with Crippen LogP contribution in [0, 0.1) is 6.92 Å². The number of carbonyl (C=O) groups excluding carboxylic acids is 2. The van der Waals surface area contributed by atoms with Crippen molar-refractivity contribution in [3.8, 4) is 0 Å². The summed E-state index contributed by atoms with van der Waals surface area (Å²) < 4.78 is 26.9. The molecule has 9 heteroatoms. The Morgan fingerprint density at radius 1 is 0.949 bits per heavy atom. The summed E-state index contributed by atoms with van der Waals surface area (Å²) in [5.74, 6) is -0.773. The molecule has 208 valence electrons. The van der Waals surface area contributed by atoms with Crippen LogP contribution < -0.4 is 9.62 Å². The summed E-state index contributed by atoms with van der Waals surface area (Å²) in [6.07, 6.45) is 2.07. The van der Waals surface area contributed by atoms with E-state index in [4.69, 9.17) is 11.6 Å². The van der Waals surface area contributed by atoms with Gasteiger partial charge in [0.05, 0.1) is 11.9 Å². The molecule has 2 atom stereocenters. The minimum absolute atomic E-state index is 0.0892. The van der Waals surface area contributed by atoms with Gasteiger partial charge in [0, 0.05) is 24.0 Å². The van der Waals surface area contributed by atoms with Crippen molar-refractivity contribution in [3.05, 3.63) is 101 Å². The number of nitrogens with one attached hydrogen (secondary N) is 1. The first-order valence-corrected chi connectivity index (χ1v) is 15.1. The predicted octanol–water partition coefficient (Wildman–Crippen LogP) is 4.97. The molecule has 0 aliphatic rings. The van der Waals surface area contributed by atoms with E-state index in [2.05, 4.69) is 5.32 Å². The summed E-state index contributed by atoms with van der Waals surface area (Å²) in [6, 6.07) is 22.7. The quantitative estimate of drug-likeness (QED) is 0.334. The predicted molar refractivity (Wildman–Crippen MR) is 157 cm³/mol. The number of hydrogen-bond acceptors (Lipinski definition) is 4. The van der Waals surface area contributed by atoms with Crippen molar-refractivity contribution in [2.24, 2.45) is 0 Å². The summed E-state index contributed by atoms with van der Waals surface area (Å²) in [4.78, 5) is 29.2. The molecule has 3 rings (SSSR count). The molecule has 39 heavy (non-hydrogen) atoms. The second kappa shape index (κ2) is 13.6. The van der Waals surface area contributed by atoms with Gasteiger partial charge in [-0.3, -0.25) is 13.9 Å². The number of benzene rings is 3. The summed E-state index contributed by atoms with van der Waals surface area (Å²) in [5, 5.41) is 3.49. The van der Waals surface area contributed by atoms with Gasteiger partial charge in [-0.2, -0.15) is 0 Å². The fourth-order valence-electron chi connectivity index (χ4n) is 4.27. The number of rotatable bonds is 12. The normalized spacial score (nSPS) is 12.8. The Labute approximate surface area is 236 Å². The van der Waals surface area contributed by atoms with Crippen LogP contribution in [0.25, 0.3) is 0 Å². The van der Waals surface area contributed by atoms with Gasteiger partial charge in [-0.25, -0.2) is 8.42 Å². The highest BCUT2D eigenvalue weighted by Gasteiger charge is 2.33. The minimum Gasteiger partial charge on any atom is -0.352 e. The van der Waals surface area contributed by atoms with Crippen molar-refractivity contribution in [2.75, 3.05) is 17.1 Å². The summed E-state index contributed by atoms with van der Waals surface area (Å²) in [7, 11) is -3.84. The van der Waals surface area contributed by atoms with Crippen molar-refractivity contribution >= 4 is 39.1 Å². The molecule has 0 fully saturated rings. The Hall–Kier alpha value is -3.36. The summed E-state index contributed by atoms with van der Waals surface area (Å²) in [6.45, 7) is 5.31. The third-order valence-corrected chi connectivity index (χ3v) is 7.94. The van der Waals surface area contributed by atoms with Crippen molar-refractivity contribution < 1.29 is 18.0 Å². The lowest BCUT2D eigenvalue weighted by atomic mass is 10.0. The van der Waals surface area contributed by atoms with Gasteiger partial charge in [-0.05, 0) is 55.2 Å². The van der Waals surface area contributed by atoms with E-state index in [0.29, 0.717) is 16.3 Å². The molecule has 0 aliphatic carbocycles. The Morgan fingerprint density at radius 2 is 1.54 bits per heavy atom. The first kappa shape index (κ1) is 30.2. The second-order valence-electron chi connectivity index (χ2n) is 9.73. The lowest BCUT2D eigenvalue weighted by Gasteiger charge is -2.34. The number of halogens is 1. The Morgan fingerprint density at radius 3 is 2.08 bits per heavy atom. The molecule has 0 spiro atoms. The van der Waals surface area contributed by atoms with Crippen LogP contribution in [0.5, 0.6) is 0 Å². The zero-order chi connectivity index (χ0) is 28.6. The van der Waals surface area contributed by atoms with E-state index in [1.807, 2.05) is 74.5 Å².